The number of allylic oxidation sites excluding steroid dienone is 2. The van der Waals surface area contributed by atoms with E-state index in [4.69, 9.17) is 14.6 Å². The molecule has 5 rings (SSSR count). The summed E-state index contributed by atoms with van der Waals surface area (Å²) in [6.07, 6.45) is 7.32. The maximum absolute atomic E-state index is 13.8. The molecule has 4 aliphatic rings. The van der Waals surface area contributed by atoms with Gasteiger partial charge in [-0.1, -0.05) is 12.2 Å². The molecule has 1 aromatic rings. The van der Waals surface area contributed by atoms with Crippen LogP contribution in [0.25, 0.3) is 0 Å². The standard InChI is InChI=1S/C33H50N6O4/c1-5-42-29-12-11-25(23-30(29)43-6-2)32-27-9-7-8-10-28(27)33(41)39(34-32)26-13-15-38(16-14-26)31(40)24-37-21-19-36(20-22-37)18-17-35(3)4/h7-8,11-12,23,26-28H,5-6,9-10,13-22,24H2,1-4H3. The van der Waals surface area contributed by atoms with Crippen LogP contribution in [-0.4, -0.2) is 134 Å². The summed E-state index contributed by atoms with van der Waals surface area (Å²) in [5, 5.41) is 6.83. The SMILES string of the molecule is CCOc1ccc(C2=NN(C3CCN(C(=O)CN4CCN(CCN(C)C)CC4)CC3)C(=O)C3CC=CCC23)cc1OCC. The Hall–Kier alpha value is -2.95. The highest BCUT2D eigenvalue weighted by atomic mass is 16.5. The van der Waals surface area contributed by atoms with Crippen molar-refractivity contribution in [1.29, 1.82) is 0 Å². The fraction of sp³-hybridized carbons (Fsp3) is 0.667. The minimum Gasteiger partial charge on any atom is -0.490 e. The molecule has 3 aliphatic heterocycles. The van der Waals surface area contributed by atoms with Crippen molar-refractivity contribution >= 4 is 17.5 Å². The third-order valence-corrected chi connectivity index (χ3v) is 9.23. The summed E-state index contributed by atoms with van der Waals surface area (Å²) in [4.78, 5) is 36.0. The van der Waals surface area contributed by atoms with Gasteiger partial charge in [-0.3, -0.25) is 19.4 Å². The predicted octanol–water partition coefficient (Wildman–Crippen LogP) is 2.78. The van der Waals surface area contributed by atoms with Gasteiger partial charge < -0.3 is 19.3 Å². The number of carbonyl (C=O) groups excluding carboxylic acids is 2. The summed E-state index contributed by atoms with van der Waals surface area (Å²) >= 11 is 0. The number of hydrogen-bond donors (Lipinski definition) is 0. The molecule has 0 radical (unpaired) electrons. The Morgan fingerprint density at radius 3 is 2.23 bits per heavy atom. The van der Waals surface area contributed by atoms with Gasteiger partial charge in [-0.25, -0.2) is 5.01 Å². The fourth-order valence-corrected chi connectivity index (χ4v) is 6.71. The maximum atomic E-state index is 13.8. The van der Waals surface area contributed by atoms with Crippen LogP contribution >= 0.6 is 0 Å². The second-order valence-corrected chi connectivity index (χ2v) is 12.4. The summed E-state index contributed by atoms with van der Waals surface area (Å²) in [7, 11) is 4.21. The van der Waals surface area contributed by atoms with E-state index in [9.17, 15) is 9.59 Å². The molecule has 0 aromatic heterocycles. The number of likely N-dealkylation sites (tertiary alicyclic amines) is 1. The van der Waals surface area contributed by atoms with Crippen LogP contribution in [0.2, 0.25) is 0 Å². The van der Waals surface area contributed by atoms with Crippen LogP contribution in [0.5, 0.6) is 11.5 Å². The number of carbonyl (C=O) groups is 2. The third-order valence-electron chi connectivity index (χ3n) is 9.23. The first-order chi connectivity index (χ1) is 20.9. The molecule has 2 saturated heterocycles. The van der Waals surface area contributed by atoms with Gasteiger partial charge in [0.2, 0.25) is 11.8 Å². The van der Waals surface area contributed by atoms with E-state index in [0.29, 0.717) is 38.6 Å². The minimum absolute atomic E-state index is 0.00675. The van der Waals surface area contributed by atoms with E-state index < -0.39 is 0 Å². The molecule has 10 heteroatoms. The third kappa shape index (κ3) is 7.59. The van der Waals surface area contributed by atoms with Crippen LogP contribution < -0.4 is 9.47 Å². The first kappa shape index (κ1) is 31.5. The minimum atomic E-state index is -0.115. The number of amides is 2. The topological polar surface area (TPSA) is 81.2 Å². The zero-order chi connectivity index (χ0) is 30.3. The summed E-state index contributed by atoms with van der Waals surface area (Å²) in [5.74, 6) is 1.68. The molecule has 236 valence electrons. The van der Waals surface area contributed by atoms with Crippen molar-refractivity contribution in [2.24, 2.45) is 16.9 Å². The van der Waals surface area contributed by atoms with Gasteiger partial charge in [0.15, 0.2) is 11.5 Å². The lowest BCUT2D eigenvalue weighted by Crippen LogP contribution is -2.54. The van der Waals surface area contributed by atoms with Crippen molar-refractivity contribution < 1.29 is 19.1 Å². The van der Waals surface area contributed by atoms with Gasteiger partial charge in [0.25, 0.3) is 0 Å². The Bertz CT molecular complexity index is 1170. The van der Waals surface area contributed by atoms with Crippen molar-refractivity contribution in [2.45, 2.75) is 45.6 Å². The monoisotopic (exact) mass is 594 g/mol. The summed E-state index contributed by atoms with van der Waals surface area (Å²) in [6.45, 7) is 12.9. The number of ether oxygens (including phenoxy) is 2. The van der Waals surface area contributed by atoms with E-state index in [1.807, 2.05) is 36.9 Å². The summed E-state index contributed by atoms with van der Waals surface area (Å²) in [5.41, 5.74) is 1.92. The fourth-order valence-electron chi connectivity index (χ4n) is 6.71. The van der Waals surface area contributed by atoms with Gasteiger partial charge in [-0.05, 0) is 71.8 Å². The lowest BCUT2D eigenvalue weighted by atomic mass is 9.76. The van der Waals surface area contributed by atoms with Gasteiger partial charge in [0.05, 0.1) is 37.4 Å². The normalized spacial score (nSPS) is 23.8. The Morgan fingerprint density at radius 2 is 1.56 bits per heavy atom. The molecule has 43 heavy (non-hydrogen) atoms. The van der Waals surface area contributed by atoms with E-state index >= 15 is 0 Å². The highest BCUT2D eigenvalue weighted by Crippen LogP contribution is 2.38. The Kier molecular flexibility index (Phi) is 10.7. The van der Waals surface area contributed by atoms with Gasteiger partial charge in [-0.2, -0.15) is 5.10 Å². The largest absolute Gasteiger partial charge is 0.490 e. The lowest BCUT2D eigenvalue weighted by Gasteiger charge is -2.43. The number of piperidine rings is 1. The number of likely N-dealkylation sites (N-methyl/N-ethyl adjacent to an activating group) is 1. The van der Waals surface area contributed by atoms with Gasteiger partial charge in [-0.15, -0.1) is 0 Å². The zero-order valence-electron chi connectivity index (χ0n) is 26.5. The first-order valence-electron chi connectivity index (χ1n) is 16.2. The van der Waals surface area contributed by atoms with Crippen LogP contribution in [-0.2, 0) is 9.59 Å². The number of hydrogen-bond acceptors (Lipinski definition) is 8. The Labute approximate surface area is 257 Å². The maximum Gasteiger partial charge on any atom is 0.247 e. The molecule has 3 heterocycles. The Balaban J connectivity index is 1.23. The van der Waals surface area contributed by atoms with E-state index in [2.05, 4.69) is 40.9 Å². The van der Waals surface area contributed by atoms with Gasteiger partial charge in [0, 0.05) is 63.8 Å². The second-order valence-electron chi connectivity index (χ2n) is 12.4. The number of nitrogens with zero attached hydrogens (tertiary/aromatic N) is 6. The molecular formula is C33H50N6O4. The molecule has 0 N–H and O–H groups in total. The van der Waals surface area contributed by atoms with Gasteiger partial charge >= 0.3 is 0 Å². The molecule has 2 amide bonds. The zero-order valence-corrected chi connectivity index (χ0v) is 26.5. The summed E-state index contributed by atoms with van der Waals surface area (Å²) < 4.78 is 11.7. The number of benzene rings is 1. The lowest BCUT2D eigenvalue weighted by molar-refractivity contribution is -0.142. The van der Waals surface area contributed by atoms with Crippen molar-refractivity contribution in [3.8, 4) is 11.5 Å². The predicted molar refractivity (Wildman–Crippen MR) is 169 cm³/mol. The first-order valence-corrected chi connectivity index (χ1v) is 16.2. The molecule has 0 saturated carbocycles. The quantitative estimate of drug-likeness (QED) is 0.365. The van der Waals surface area contributed by atoms with Crippen LogP contribution in [0.15, 0.2) is 35.5 Å². The van der Waals surface area contributed by atoms with Crippen molar-refractivity contribution in [2.75, 3.05) is 86.2 Å². The van der Waals surface area contributed by atoms with E-state index in [-0.39, 0.29) is 29.7 Å². The van der Waals surface area contributed by atoms with Crippen molar-refractivity contribution in [3.05, 3.63) is 35.9 Å². The van der Waals surface area contributed by atoms with Crippen LogP contribution in [0, 0.1) is 11.8 Å². The number of hydrazone groups is 1. The van der Waals surface area contributed by atoms with Crippen LogP contribution in [0.4, 0.5) is 0 Å². The van der Waals surface area contributed by atoms with Crippen LogP contribution in [0.3, 0.4) is 0 Å². The van der Waals surface area contributed by atoms with E-state index in [1.165, 1.54) is 0 Å². The molecule has 2 atom stereocenters. The number of fused-ring (bicyclic) bond motifs is 1. The number of rotatable bonds is 11. The molecular weight excluding hydrogens is 544 g/mol. The summed E-state index contributed by atoms with van der Waals surface area (Å²) in [6, 6.07) is 6.00. The molecule has 1 aliphatic carbocycles. The molecule has 10 nitrogen and oxygen atoms in total. The van der Waals surface area contributed by atoms with E-state index in [0.717, 1.165) is 82.0 Å². The highest BCUT2D eigenvalue weighted by Gasteiger charge is 2.43. The Morgan fingerprint density at radius 1 is 0.907 bits per heavy atom. The second kappa shape index (κ2) is 14.7. The molecule has 0 bridgehead atoms. The molecule has 2 fully saturated rings. The molecule has 0 spiro atoms. The average Bonchev–Trinajstić information content (AvgIpc) is 3.02. The van der Waals surface area contributed by atoms with Crippen LogP contribution in [0.1, 0.15) is 45.1 Å². The smallest absolute Gasteiger partial charge is 0.247 e. The van der Waals surface area contributed by atoms with Crippen molar-refractivity contribution in [3.63, 3.8) is 0 Å². The van der Waals surface area contributed by atoms with Gasteiger partial charge in [0.1, 0.15) is 0 Å². The van der Waals surface area contributed by atoms with E-state index in [1.54, 1.807) is 5.01 Å². The molecule has 1 aromatic carbocycles. The highest BCUT2D eigenvalue weighted by molar-refractivity contribution is 6.07. The van der Waals surface area contributed by atoms with Crippen molar-refractivity contribution in [1.82, 2.24) is 24.6 Å². The number of piperazine rings is 1. The average molecular weight is 595 g/mol. The molecule has 2 unspecified atom stereocenters.